The average Bonchev–Trinajstić information content (AvgIpc) is 2.45. The highest BCUT2D eigenvalue weighted by Gasteiger charge is 2.16. The van der Waals surface area contributed by atoms with E-state index in [4.69, 9.17) is 21.9 Å². The number of unbranched alkanes of at least 4 members (excludes halogenated alkanes) is 5. The molecule has 7 nitrogen and oxygen atoms in total. The number of esters is 1. The Hall–Kier alpha value is -1.79. The van der Waals surface area contributed by atoms with Gasteiger partial charge in [0.2, 0.25) is 5.91 Å². The molecule has 0 bridgehead atoms. The first-order valence-electron chi connectivity index (χ1n) is 8.48. The van der Waals surface area contributed by atoms with Crippen molar-refractivity contribution in [3.05, 3.63) is 0 Å². The molecule has 23 heavy (non-hydrogen) atoms. The van der Waals surface area contributed by atoms with Crippen LogP contribution in [-0.4, -0.2) is 30.5 Å². The fourth-order valence-corrected chi connectivity index (χ4v) is 2.24. The van der Waals surface area contributed by atoms with Crippen molar-refractivity contribution >= 4 is 17.8 Å². The number of carbonyl (C=O) groups is 2. The molecule has 0 fully saturated rings. The number of nitrogens with two attached hydrogens (primary N) is 3. The van der Waals surface area contributed by atoms with Gasteiger partial charge in [0.15, 0.2) is 5.96 Å². The molecule has 1 amide bonds. The van der Waals surface area contributed by atoms with Crippen LogP contribution in [0.4, 0.5) is 0 Å². The second-order valence-corrected chi connectivity index (χ2v) is 5.75. The molecule has 0 aliphatic carbocycles. The van der Waals surface area contributed by atoms with E-state index in [9.17, 15) is 9.59 Å². The van der Waals surface area contributed by atoms with Gasteiger partial charge in [-0.1, -0.05) is 32.6 Å². The summed E-state index contributed by atoms with van der Waals surface area (Å²) in [7, 11) is 0. The van der Waals surface area contributed by atoms with Gasteiger partial charge in [-0.05, 0) is 25.7 Å². The number of guanidine groups is 1. The zero-order chi connectivity index (χ0) is 17.5. The van der Waals surface area contributed by atoms with Crippen LogP contribution in [0.1, 0.15) is 71.1 Å². The first-order valence-corrected chi connectivity index (χ1v) is 8.48. The van der Waals surface area contributed by atoms with Crippen molar-refractivity contribution < 1.29 is 14.3 Å². The van der Waals surface area contributed by atoms with Gasteiger partial charge in [-0.3, -0.25) is 14.6 Å². The van der Waals surface area contributed by atoms with Crippen molar-refractivity contribution in [3.8, 4) is 0 Å². The van der Waals surface area contributed by atoms with Crippen LogP contribution in [0.15, 0.2) is 4.99 Å². The Labute approximate surface area is 139 Å². The predicted molar refractivity (Wildman–Crippen MR) is 91.6 cm³/mol. The summed E-state index contributed by atoms with van der Waals surface area (Å²) in [5, 5.41) is 0. The number of amides is 1. The largest absolute Gasteiger partial charge is 0.462 e. The Morgan fingerprint density at radius 3 is 2.30 bits per heavy atom. The van der Waals surface area contributed by atoms with E-state index in [2.05, 4.69) is 11.9 Å². The van der Waals surface area contributed by atoms with Gasteiger partial charge in [0.1, 0.15) is 6.10 Å². The lowest BCUT2D eigenvalue weighted by Gasteiger charge is -2.16. The lowest BCUT2D eigenvalue weighted by Crippen LogP contribution is -2.25. The first-order chi connectivity index (χ1) is 11.0. The molecule has 0 aromatic rings. The van der Waals surface area contributed by atoms with Crippen LogP contribution >= 0.6 is 0 Å². The number of hydrogen-bond acceptors (Lipinski definition) is 4. The van der Waals surface area contributed by atoms with Gasteiger partial charge < -0.3 is 21.9 Å². The Balaban J connectivity index is 4.00. The third-order valence-corrected chi connectivity index (χ3v) is 3.44. The van der Waals surface area contributed by atoms with Crippen LogP contribution in [0, 0.1) is 0 Å². The zero-order valence-corrected chi connectivity index (χ0v) is 14.3. The van der Waals surface area contributed by atoms with E-state index in [0.29, 0.717) is 19.4 Å². The van der Waals surface area contributed by atoms with Crippen molar-refractivity contribution in [1.82, 2.24) is 0 Å². The van der Waals surface area contributed by atoms with Gasteiger partial charge >= 0.3 is 5.97 Å². The number of ether oxygens (including phenoxy) is 1. The van der Waals surface area contributed by atoms with Crippen molar-refractivity contribution in [3.63, 3.8) is 0 Å². The quantitative estimate of drug-likeness (QED) is 0.193. The standard InChI is InChI=1S/C16H32N4O3/c1-2-3-4-5-6-10-15(22)23-13(12-14(17)21)9-7-8-11-20-16(18)19/h13H,2-12H2,1H3,(H2,17,21)(H4,18,19,20). The molecule has 0 saturated carbocycles. The summed E-state index contributed by atoms with van der Waals surface area (Å²) >= 11 is 0. The molecular weight excluding hydrogens is 296 g/mol. The molecule has 0 heterocycles. The highest BCUT2D eigenvalue weighted by Crippen LogP contribution is 2.12. The van der Waals surface area contributed by atoms with Crippen LogP contribution in [0.2, 0.25) is 0 Å². The maximum Gasteiger partial charge on any atom is 0.306 e. The van der Waals surface area contributed by atoms with E-state index in [1.54, 1.807) is 0 Å². The summed E-state index contributed by atoms with van der Waals surface area (Å²) in [4.78, 5) is 26.8. The predicted octanol–water partition coefficient (Wildman–Crippen LogP) is 1.58. The minimum absolute atomic E-state index is 0.0594. The fraction of sp³-hybridized carbons (Fsp3) is 0.812. The molecule has 1 atom stereocenters. The second-order valence-electron chi connectivity index (χ2n) is 5.75. The minimum Gasteiger partial charge on any atom is -0.462 e. The third kappa shape index (κ3) is 14.9. The number of aliphatic imine (C=N–C) groups is 1. The van der Waals surface area contributed by atoms with Crippen molar-refractivity contribution in [2.45, 2.75) is 77.2 Å². The van der Waals surface area contributed by atoms with Crippen molar-refractivity contribution in [1.29, 1.82) is 0 Å². The Kier molecular flexibility index (Phi) is 12.8. The summed E-state index contributed by atoms with van der Waals surface area (Å²) in [6.45, 7) is 2.67. The van der Waals surface area contributed by atoms with E-state index >= 15 is 0 Å². The van der Waals surface area contributed by atoms with E-state index in [0.717, 1.165) is 32.1 Å². The van der Waals surface area contributed by atoms with Crippen molar-refractivity contribution in [2.24, 2.45) is 22.2 Å². The maximum absolute atomic E-state index is 11.8. The first kappa shape index (κ1) is 21.2. The summed E-state index contributed by atoms with van der Waals surface area (Å²) in [6.07, 6.45) is 7.48. The zero-order valence-electron chi connectivity index (χ0n) is 14.3. The number of rotatable bonds is 14. The molecule has 0 radical (unpaired) electrons. The smallest absolute Gasteiger partial charge is 0.306 e. The number of hydrogen-bond donors (Lipinski definition) is 3. The van der Waals surface area contributed by atoms with Crippen LogP contribution in [0.3, 0.4) is 0 Å². The number of carbonyl (C=O) groups excluding carboxylic acids is 2. The van der Waals surface area contributed by atoms with Crippen LogP contribution in [0.5, 0.6) is 0 Å². The van der Waals surface area contributed by atoms with E-state index in [-0.39, 0.29) is 18.3 Å². The second kappa shape index (κ2) is 13.8. The minimum atomic E-state index is -0.463. The summed E-state index contributed by atoms with van der Waals surface area (Å²) in [5.74, 6) is -0.653. The van der Waals surface area contributed by atoms with Crippen molar-refractivity contribution in [2.75, 3.05) is 6.54 Å². The molecule has 1 unspecified atom stereocenters. The van der Waals surface area contributed by atoms with Gasteiger partial charge in [-0.25, -0.2) is 0 Å². The SMILES string of the molecule is CCCCCCCC(=O)OC(CCCCN=C(N)N)CC(N)=O. The van der Waals surface area contributed by atoms with Gasteiger partial charge in [0, 0.05) is 13.0 Å². The van der Waals surface area contributed by atoms with E-state index < -0.39 is 12.0 Å². The van der Waals surface area contributed by atoms with Gasteiger partial charge in [0.25, 0.3) is 0 Å². The molecule has 6 N–H and O–H groups in total. The van der Waals surface area contributed by atoms with E-state index in [1.165, 1.54) is 12.8 Å². The van der Waals surface area contributed by atoms with Crippen LogP contribution in [-0.2, 0) is 14.3 Å². The molecule has 0 aromatic heterocycles. The number of nitrogens with zero attached hydrogens (tertiary/aromatic N) is 1. The van der Waals surface area contributed by atoms with Gasteiger partial charge in [-0.15, -0.1) is 0 Å². The molecular formula is C16H32N4O3. The lowest BCUT2D eigenvalue weighted by atomic mass is 10.1. The molecule has 134 valence electrons. The molecule has 0 rings (SSSR count). The van der Waals surface area contributed by atoms with Crippen LogP contribution < -0.4 is 17.2 Å². The normalized spacial score (nSPS) is 11.7. The monoisotopic (exact) mass is 328 g/mol. The molecule has 7 heteroatoms. The van der Waals surface area contributed by atoms with E-state index in [1.807, 2.05) is 0 Å². The Bertz CT molecular complexity index is 368. The summed E-state index contributed by atoms with van der Waals surface area (Å²) in [6, 6.07) is 0. The highest BCUT2D eigenvalue weighted by molar-refractivity contribution is 5.76. The Morgan fingerprint density at radius 2 is 1.70 bits per heavy atom. The molecule has 0 aliphatic heterocycles. The topological polar surface area (TPSA) is 134 Å². The lowest BCUT2D eigenvalue weighted by molar-refractivity contribution is -0.150. The average molecular weight is 328 g/mol. The number of primary amides is 1. The highest BCUT2D eigenvalue weighted by atomic mass is 16.5. The fourth-order valence-electron chi connectivity index (χ4n) is 2.24. The molecule has 0 saturated heterocycles. The third-order valence-electron chi connectivity index (χ3n) is 3.44. The molecule has 0 aliphatic rings. The molecule has 0 aromatic carbocycles. The molecule has 0 spiro atoms. The van der Waals surface area contributed by atoms with Gasteiger partial charge in [0.05, 0.1) is 6.42 Å². The summed E-state index contributed by atoms with van der Waals surface area (Å²) < 4.78 is 5.37. The maximum atomic E-state index is 11.8. The Morgan fingerprint density at radius 1 is 1.00 bits per heavy atom. The summed E-state index contributed by atoms with van der Waals surface area (Å²) in [5.41, 5.74) is 15.7. The van der Waals surface area contributed by atoms with Crippen LogP contribution in [0.25, 0.3) is 0 Å². The van der Waals surface area contributed by atoms with Gasteiger partial charge in [-0.2, -0.15) is 0 Å².